The molecule has 7 heteroatoms. The van der Waals surface area contributed by atoms with Crippen molar-refractivity contribution < 1.29 is 5.11 Å². The molecule has 124 valence electrons. The molecule has 1 N–H and O–H groups in total. The lowest BCUT2D eigenvalue weighted by atomic mass is 10.1. The topological polar surface area (TPSA) is 62.8 Å². The molecular weight excluding hydrogens is 352 g/mol. The Bertz CT molecular complexity index is 1060. The van der Waals surface area contributed by atoms with Crippen molar-refractivity contribution in [2.75, 3.05) is 0 Å². The van der Waals surface area contributed by atoms with Crippen LogP contribution in [0.25, 0.3) is 11.6 Å². The van der Waals surface area contributed by atoms with Crippen LogP contribution in [-0.2, 0) is 6.54 Å². The Labute approximate surface area is 152 Å². The molecule has 0 bridgehead atoms. The van der Waals surface area contributed by atoms with E-state index in [1.807, 2.05) is 41.9 Å². The summed E-state index contributed by atoms with van der Waals surface area (Å²) < 4.78 is 1.73. The maximum absolute atomic E-state index is 10.6. The van der Waals surface area contributed by atoms with Gasteiger partial charge in [0.25, 0.3) is 0 Å². The fraction of sp³-hybridized carbons (Fsp3) is 0.0556. The van der Waals surface area contributed by atoms with Crippen LogP contribution in [0.1, 0.15) is 10.4 Å². The van der Waals surface area contributed by atoms with Crippen molar-refractivity contribution in [1.82, 2.24) is 9.55 Å². The molecule has 0 amide bonds. The maximum Gasteiger partial charge on any atom is 0.211 e. The number of nitrogens with zero attached hydrogens (tertiary/aromatic N) is 4. The summed E-state index contributed by atoms with van der Waals surface area (Å²) >= 11 is 2.87. The summed E-state index contributed by atoms with van der Waals surface area (Å²) in [4.78, 5) is 14.5. The van der Waals surface area contributed by atoms with Crippen LogP contribution in [0.4, 0.5) is 10.8 Å². The van der Waals surface area contributed by atoms with Gasteiger partial charge in [0.05, 0.1) is 10.6 Å². The number of aromatic nitrogens is 2. The maximum atomic E-state index is 10.6. The summed E-state index contributed by atoms with van der Waals surface area (Å²) in [5.74, 6) is 0.172. The van der Waals surface area contributed by atoms with Gasteiger partial charge in [0.2, 0.25) is 11.0 Å². The highest BCUT2D eigenvalue weighted by Gasteiger charge is 2.15. The number of allylic oxidation sites excluding steroid dienone is 2. The van der Waals surface area contributed by atoms with Crippen LogP contribution in [0.3, 0.4) is 0 Å². The van der Waals surface area contributed by atoms with Crippen LogP contribution in [0.15, 0.2) is 58.5 Å². The molecule has 1 aliphatic heterocycles. The zero-order valence-electron chi connectivity index (χ0n) is 13.2. The number of fused-ring (bicyclic) bond motifs is 1. The minimum atomic E-state index is 0.172. The predicted octanol–water partition coefficient (Wildman–Crippen LogP) is 4.39. The van der Waals surface area contributed by atoms with Gasteiger partial charge in [-0.2, -0.15) is 4.99 Å². The molecule has 0 saturated heterocycles. The summed E-state index contributed by atoms with van der Waals surface area (Å²) in [5, 5.41) is 13.2. The van der Waals surface area contributed by atoms with Gasteiger partial charge in [-0.1, -0.05) is 35.6 Å². The van der Waals surface area contributed by atoms with Crippen molar-refractivity contribution in [3.05, 3.63) is 63.7 Å². The highest BCUT2D eigenvalue weighted by Crippen LogP contribution is 2.34. The summed E-state index contributed by atoms with van der Waals surface area (Å²) in [5.41, 5.74) is 2.97. The molecule has 0 spiro atoms. The van der Waals surface area contributed by atoms with Gasteiger partial charge in [0.15, 0.2) is 4.80 Å². The molecule has 0 fully saturated rings. The fourth-order valence-corrected chi connectivity index (χ4v) is 4.09. The number of aliphatic imine (C=N–C) groups is 1. The number of rotatable bonds is 4. The largest absolute Gasteiger partial charge is 0.493 e. The standard InChI is InChI=1S/C18H14N4OS2/c1-2-8-22-16(23)15(25-18(22)21-17-19-7-9-24-17)10-12-11-20-14-6-4-3-5-13(12)14/h2-7,9-11,23H,1,8H2/b12-10+,21-18+. The predicted molar refractivity (Wildman–Crippen MR) is 104 cm³/mol. The molecule has 0 aliphatic carbocycles. The second-order valence-corrected chi connectivity index (χ2v) is 7.16. The van der Waals surface area contributed by atoms with E-state index in [4.69, 9.17) is 0 Å². The highest BCUT2D eigenvalue weighted by atomic mass is 32.1. The van der Waals surface area contributed by atoms with E-state index in [0.29, 0.717) is 16.5 Å². The molecule has 0 saturated carbocycles. The van der Waals surface area contributed by atoms with E-state index < -0.39 is 0 Å². The van der Waals surface area contributed by atoms with Crippen LogP contribution in [0.5, 0.6) is 5.88 Å². The van der Waals surface area contributed by atoms with Crippen molar-refractivity contribution in [3.8, 4) is 5.88 Å². The first kappa shape index (κ1) is 15.7. The van der Waals surface area contributed by atoms with Crippen molar-refractivity contribution in [1.29, 1.82) is 0 Å². The zero-order chi connectivity index (χ0) is 17.2. The minimum absolute atomic E-state index is 0.172. The Morgan fingerprint density at radius 3 is 3.00 bits per heavy atom. The van der Waals surface area contributed by atoms with Gasteiger partial charge < -0.3 is 5.11 Å². The summed E-state index contributed by atoms with van der Waals surface area (Å²) in [6.45, 7) is 4.23. The number of thiazole rings is 2. The SMILES string of the molecule is C=CCn1c(O)c(/C=C2\C=Nc3ccccc32)s/c1=N/c1nccs1. The average molecular weight is 366 g/mol. The fourth-order valence-electron chi connectivity index (χ4n) is 2.54. The van der Waals surface area contributed by atoms with Gasteiger partial charge in [-0.15, -0.1) is 17.9 Å². The van der Waals surface area contributed by atoms with Crippen molar-refractivity contribution in [2.45, 2.75) is 6.54 Å². The van der Waals surface area contributed by atoms with E-state index in [9.17, 15) is 5.11 Å². The molecule has 0 unspecified atom stereocenters. The Morgan fingerprint density at radius 1 is 1.32 bits per heavy atom. The lowest BCUT2D eigenvalue weighted by Crippen LogP contribution is -2.12. The second kappa shape index (κ2) is 6.62. The van der Waals surface area contributed by atoms with Crippen molar-refractivity contribution >= 4 is 51.4 Å². The van der Waals surface area contributed by atoms with Gasteiger partial charge in [-0.3, -0.25) is 9.56 Å². The smallest absolute Gasteiger partial charge is 0.211 e. The molecule has 2 aromatic heterocycles. The molecule has 1 aliphatic rings. The first-order valence-electron chi connectivity index (χ1n) is 7.59. The lowest BCUT2D eigenvalue weighted by molar-refractivity contribution is 0.421. The monoisotopic (exact) mass is 366 g/mol. The Balaban J connectivity index is 1.83. The van der Waals surface area contributed by atoms with Crippen LogP contribution < -0.4 is 4.80 Å². The molecule has 0 radical (unpaired) electrons. The normalized spacial score (nSPS) is 15.0. The molecule has 1 aromatic carbocycles. The van der Waals surface area contributed by atoms with E-state index in [-0.39, 0.29) is 5.88 Å². The Morgan fingerprint density at radius 2 is 2.20 bits per heavy atom. The van der Waals surface area contributed by atoms with Gasteiger partial charge in [-0.25, -0.2) is 4.98 Å². The van der Waals surface area contributed by atoms with Gasteiger partial charge in [-0.05, 0) is 12.1 Å². The van der Waals surface area contributed by atoms with E-state index in [2.05, 4.69) is 21.5 Å². The van der Waals surface area contributed by atoms with Crippen molar-refractivity contribution in [3.63, 3.8) is 0 Å². The third-order valence-corrected chi connectivity index (χ3v) is 5.35. The molecule has 25 heavy (non-hydrogen) atoms. The lowest BCUT2D eigenvalue weighted by Gasteiger charge is -2.01. The van der Waals surface area contributed by atoms with Crippen LogP contribution in [0, 0.1) is 0 Å². The van der Waals surface area contributed by atoms with E-state index in [0.717, 1.165) is 21.7 Å². The molecule has 5 nitrogen and oxygen atoms in total. The number of para-hydroxylation sites is 1. The average Bonchev–Trinajstić information content (AvgIpc) is 3.33. The summed E-state index contributed by atoms with van der Waals surface area (Å²) in [7, 11) is 0. The van der Waals surface area contributed by atoms with Crippen LogP contribution in [0.2, 0.25) is 0 Å². The van der Waals surface area contributed by atoms with Crippen LogP contribution >= 0.6 is 22.7 Å². The number of hydrogen-bond acceptors (Lipinski definition) is 6. The first-order chi connectivity index (χ1) is 12.3. The highest BCUT2D eigenvalue weighted by molar-refractivity contribution is 7.13. The first-order valence-corrected chi connectivity index (χ1v) is 9.29. The summed E-state index contributed by atoms with van der Waals surface area (Å²) in [6.07, 6.45) is 7.20. The molecule has 4 rings (SSSR count). The molecular formula is C18H14N4OS2. The van der Waals surface area contributed by atoms with E-state index in [1.165, 1.54) is 22.7 Å². The molecule has 3 aromatic rings. The summed E-state index contributed by atoms with van der Waals surface area (Å²) in [6, 6.07) is 7.95. The second-order valence-electron chi connectivity index (χ2n) is 5.27. The van der Waals surface area contributed by atoms with Gasteiger partial charge in [0.1, 0.15) is 0 Å². The third-order valence-electron chi connectivity index (χ3n) is 3.67. The quantitative estimate of drug-likeness (QED) is 0.696. The minimum Gasteiger partial charge on any atom is -0.493 e. The third kappa shape index (κ3) is 2.99. The van der Waals surface area contributed by atoms with E-state index >= 15 is 0 Å². The van der Waals surface area contributed by atoms with E-state index in [1.54, 1.807) is 16.8 Å². The number of aromatic hydroxyl groups is 1. The number of benzene rings is 1. The zero-order valence-corrected chi connectivity index (χ0v) is 14.8. The Kier molecular flexibility index (Phi) is 4.17. The van der Waals surface area contributed by atoms with Gasteiger partial charge >= 0.3 is 0 Å². The number of hydrogen-bond donors (Lipinski definition) is 1. The molecule has 0 atom stereocenters. The molecule has 3 heterocycles. The van der Waals surface area contributed by atoms with Crippen LogP contribution in [-0.4, -0.2) is 20.9 Å². The Hall–Kier alpha value is -2.77. The van der Waals surface area contributed by atoms with Gasteiger partial charge in [0, 0.05) is 35.5 Å². The van der Waals surface area contributed by atoms with Crippen molar-refractivity contribution in [2.24, 2.45) is 9.98 Å².